The van der Waals surface area contributed by atoms with Crippen LogP contribution in [0.15, 0.2) is 30.3 Å². The quantitative estimate of drug-likeness (QED) is 0.245. The van der Waals surface area contributed by atoms with Crippen molar-refractivity contribution in [3.63, 3.8) is 0 Å². The summed E-state index contributed by atoms with van der Waals surface area (Å²) in [5, 5.41) is 35.7. The zero-order valence-electron chi connectivity index (χ0n) is 21.9. The van der Waals surface area contributed by atoms with E-state index in [1.54, 1.807) is 51.1 Å². The molecule has 214 valence electrons. The van der Waals surface area contributed by atoms with Gasteiger partial charge in [-0.25, -0.2) is 9.59 Å². The molecule has 1 aromatic rings. The van der Waals surface area contributed by atoms with E-state index >= 15 is 0 Å². The van der Waals surface area contributed by atoms with Crippen LogP contribution in [0.3, 0.4) is 0 Å². The van der Waals surface area contributed by atoms with Crippen molar-refractivity contribution >= 4 is 35.4 Å². The lowest BCUT2D eigenvalue weighted by Gasteiger charge is -2.48. The van der Waals surface area contributed by atoms with E-state index < -0.39 is 99.2 Å². The van der Waals surface area contributed by atoms with E-state index in [4.69, 9.17) is 40.6 Å². The van der Waals surface area contributed by atoms with Gasteiger partial charge in [0.1, 0.15) is 23.4 Å². The maximum atomic E-state index is 13.8. The highest BCUT2D eigenvalue weighted by Gasteiger charge is 3.05. The Bertz CT molecular complexity index is 1360. The number of para-hydroxylation sites is 1. The number of esters is 3. The van der Waals surface area contributed by atoms with Gasteiger partial charge in [0.25, 0.3) is 0 Å². The van der Waals surface area contributed by atoms with Crippen LogP contribution in [-0.2, 0) is 38.1 Å². The maximum absolute atomic E-state index is 13.8. The Kier molecular flexibility index (Phi) is 4.90. The molecule has 5 unspecified atom stereocenters. The summed E-state index contributed by atoms with van der Waals surface area (Å²) >= 11 is 5.35. The third-order valence-corrected chi connectivity index (χ3v) is 10.3. The molecule has 6 aliphatic rings. The SMILES string of the molecule is C[C@@H]1C(=O)OC2[C@H](O)C34C5OC(=O)C3(O[C@@H]3OC(=O)[C@H](OC(=S)Oc6ccccc6)C34[C@H](C(C)(C)C)[C@H]5O)[C@]21O. The van der Waals surface area contributed by atoms with Gasteiger partial charge in [0.15, 0.2) is 11.7 Å². The molecule has 0 aromatic heterocycles. The molecule has 2 spiro atoms. The van der Waals surface area contributed by atoms with Crippen LogP contribution in [0.1, 0.15) is 27.7 Å². The van der Waals surface area contributed by atoms with Crippen LogP contribution >= 0.6 is 12.2 Å². The molecule has 3 N–H and O–H groups in total. The molecule has 4 aliphatic heterocycles. The fourth-order valence-electron chi connectivity index (χ4n) is 9.09. The minimum atomic E-state index is -2.45. The zero-order chi connectivity index (χ0) is 28.8. The lowest BCUT2D eigenvalue weighted by Crippen LogP contribution is -2.67. The van der Waals surface area contributed by atoms with Crippen LogP contribution in [0.4, 0.5) is 0 Å². The molecule has 2 aliphatic carbocycles. The summed E-state index contributed by atoms with van der Waals surface area (Å²) in [7, 11) is 0. The summed E-state index contributed by atoms with van der Waals surface area (Å²) in [6, 6.07) is 8.43. The maximum Gasteiger partial charge on any atom is 0.358 e. The highest BCUT2D eigenvalue weighted by molar-refractivity contribution is 7.79. The van der Waals surface area contributed by atoms with Gasteiger partial charge in [0, 0.05) is 18.1 Å². The monoisotopic (exact) mass is 576 g/mol. The first-order chi connectivity index (χ1) is 18.7. The van der Waals surface area contributed by atoms with Crippen LogP contribution in [-0.4, -0.2) is 86.5 Å². The second-order valence-electron chi connectivity index (χ2n) is 12.5. The molecule has 40 heavy (non-hydrogen) atoms. The predicted molar refractivity (Wildman–Crippen MR) is 132 cm³/mol. The topological polar surface area (TPSA) is 167 Å². The van der Waals surface area contributed by atoms with Gasteiger partial charge in [-0.05, 0) is 24.5 Å². The Morgan fingerprint density at radius 2 is 1.68 bits per heavy atom. The summed E-state index contributed by atoms with van der Waals surface area (Å²) in [5.74, 6) is -4.89. The molecule has 1 aromatic carbocycles. The second kappa shape index (κ2) is 7.51. The average Bonchev–Trinajstić information content (AvgIpc) is 3.57. The first kappa shape index (κ1) is 26.1. The summed E-state index contributed by atoms with van der Waals surface area (Å²) in [4.78, 5) is 40.1. The fraction of sp³-hybridized carbons (Fsp3) is 0.630. The highest BCUT2D eigenvalue weighted by atomic mass is 32.1. The third-order valence-electron chi connectivity index (χ3n) is 10.1. The first-order valence-electron chi connectivity index (χ1n) is 13.0. The molecule has 0 radical (unpaired) electrons. The van der Waals surface area contributed by atoms with E-state index in [9.17, 15) is 29.7 Å². The summed E-state index contributed by atoms with van der Waals surface area (Å²) < 4.78 is 34.8. The normalized spacial score (nSPS) is 49.5. The van der Waals surface area contributed by atoms with Gasteiger partial charge in [-0.1, -0.05) is 39.0 Å². The zero-order valence-corrected chi connectivity index (χ0v) is 22.7. The van der Waals surface area contributed by atoms with Crippen LogP contribution in [0, 0.1) is 28.1 Å². The van der Waals surface area contributed by atoms with Crippen LogP contribution in [0.5, 0.6) is 5.75 Å². The minimum Gasteiger partial charge on any atom is -0.456 e. The fourth-order valence-corrected chi connectivity index (χ4v) is 9.28. The van der Waals surface area contributed by atoms with Crippen molar-refractivity contribution in [3.8, 4) is 5.75 Å². The van der Waals surface area contributed by atoms with Crippen molar-refractivity contribution in [2.75, 3.05) is 0 Å². The Morgan fingerprint density at radius 1 is 1.00 bits per heavy atom. The number of carbonyl (C=O) groups excluding carboxylic acids is 3. The van der Waals surface area contributed by atoms with E-state index in [2.05, 4.69) is 0 Å². The van der Waals surface area contributed by atoms with E-state index in [0.717, 1.165) is 0 Å². The van der Waals surface area contributed by atoms with Gasteiger partial charge in [-0.3, -0.25) is 4.79 Å². The number of fused-ring (bicyclic) bond motifs is 1. The molecule has 12 atom stereocenters. The molecule has 7 rings (SSSR count). The van der Waals surface area contributed by atoms with E-state index in [1.807, 2.05) is 0 Å². The molecule has 12 nitrogen and oxygen atoms in total. The van der Waals surface area contributed by atoms with Crippen molar-refractivity contribution in [2.24, 2.45) is 28.1 Å². The number of ether oxygens (including phenoxy) is 6. The average molecular weight is 577 g/mol. The van der Waals surface area contributed by atoms with Crippen molar-refractivity contribution < 1.29 is 58.1 Å². The van der Waals surface area contributed by atoms with Gasteiger partial charge in [-0.15, -0.1) is 0 Å². The number of benzene rings is 1. The van der Waals surface area contributed by atoms with Crippen LogP contribution in [0.2, 0.25) is 0 Å². The highest BCUT2D eigenvalue weighted by Crippen LogP contribution is 2.84. The van der Waals surface area contributed by atoms with E-state index in [0.29, 0.717) is 5.75 Å². The molecular weight excluding hydrogens is 548 g/mol. The van der Waals surface area contributed by atoms with Crippen molar-refractivity contribution in [1.82, 2.24) is 0 Å². The number of thiocarbonyl (C=S) groups is 1. The van der Waals surface area contributed by atoms with Gasteiger partial charge >= 0.3 is 23.1 Å². The number of aliphatic hydroxyl groups excluding tert-OH is 2. The summed E-state index contributed by atoms with van der Waals surface area (Å²) in [5.41, 5.74) is -9.61. The molecular formula is C27H28O12S. The molecule has 0 bridgehead atoms. The number of rotatable bonds is 2. The number of hydrogen-bond donors (Lipinski definition) is 3. The molecule has 2 saturated carbocycles. The molecule has 13 heteroatoms. The lowest BCUT2D eigenvalue weighted by atomic mass is 9.51. The Labute approximate surface area is 233 Å². The van der Waals surface area contributed by atoms with Crippen molar-refractivity contribution in [3.05, 3.63) is 30.3 Å². The van der Waals surface area contributed by atoms with Crippen LogP contribution < -0.4 is 4.74 Å². The number of carbonyl (C=O) groups is 3. The predicted octanol–water partition coefficient (Wildman–Crippen LogP) is -0.0105. The van der Waals surface area contributed by atoms with E-state index in [-0.39, 0.29) is 0 Å². The van der Waals surface area contributed by atoms with Crippen molar-refractivity contribution in [2.45, 2.75) is 75.7 Å². The van der Waals surface area contributed by atoms with Crippen LogP contribution in [0.25, 0.3) is 0 Å². The van der Waals surface area contributed by atoms with Gasteiger partial charge < -0.3 is 43.7 Å². The summed E-state index contributed by atoms with van der Waals surface area (Å²) in [6.07, 6.45) is -9.67. The molecule has 4 saturated heterocycles. The smallest absolute Gasteiger partial charge is 0.358 e. The standard InChI is InChI=1S/C27H28O12S/c1-10-18(30)35-16-14(29)25-15-12(28)13(23(2,3)4)24(25)17(37-22(40)34-11-8-6-5-7-9-11)19(31)38-21(24)39-27(25,20(32)36-15)26(10,16)33/h5-10,12-17,21,28-29,33H,1-4H3/t10-,12-,13+,14+,15?,16?,17+,21+,24?,25?,26-,27?/m1/s1. The van der Waals surface area contributed by atoms with Gasteiger partial charge in [0.05, 0.1) is 17.4 Å². The molecule has 0 amide bonds. The first-order valence-corrected chi connectivity index (χ1v) is 13.4. The van der Waals surface area contributed by atoms with Crippen molar-refractivity contribution in [1.29, 1.82) is 0 Å². The minimum absolute atomic E-state index is 0.324. The number of aliphatic hydroxyl groups is 3. The summed E-state index contributed by atoms with van der Waals surface area (Å²) in [6.45, 7) is 6.74. The Hall–Kier alpha value is -2.84. The number of hydrogen-bond acceptors (Lipinski definition) is 13. The van der Waals surface area contributed by atoms with Gasteiger partial charge in [-0.2, -0.15) is 0 Å². The largest absolute Gasteiger partial charge is 0.456 e. The Balaban J connectivity index is 1.46. The van der Waals surface area contributed by atoms with E-state index in [1.165, 1.54) is 6.92 Å². The van der Waals surface area contributed by atoms with Gasteiger partial charge in [0.2, 0.25) is 18.0 Å². The lowest BCUT2D eigenvalue weighted by molar-refractivity contribution is -0.240. The molecule has 4 heterocycles. The molecule has 6 fully saturated rings. The second-order valence-corrected chi connectivity index (χ2v) is 12.9. The third kappa shape index (κ3) is 2.38. The Morgan fingerprint density at radius 3 is 2.33 bits per heavy atom.